The van der Waals surface area contributed by atoms with Crippen LogP contribution in [0.1, 0.15) is 64.0 Å². The Kier molecular flexibility index (Phi) is 7.82. The van der Waals surface area contributed by atoms with Crippen LogP contribution < -0.4 is 19.5 Å². The highest BCUT2D eigenvalue weighted by Crippen LogP contribution is 2.32. The summed E-state index contributed by atoms with van der Waals surface area (Å²) in [5.74, 6) is 4.01. The zero-order chi connectivity index (χ0) is 20.6. The maximum atomic E-state index is 5.80. The second-order valence-electron chi connectivity index (χ2n) is 8.66. The smallest absolute Gasteiger partial charge is 0.231 e. The van der Waals surface area contributed by atoms with Crippen LogP contribution >= 0.6 is 0 Å². The summed E-state index contributed by atoms with van der Waals surface area (Å²) in [6, 6.07) is 15.0. The Labute approximate surface area is 175 Å². The van der Waals surface area contributed by atoms with Crippen LogP contribution in [0, 0.1) is 5.92 Å². The lowest BCUT2D eigenvalue weighted by molar-refractivity contribution is -0.671. The minimum absolute atomic E-state index is 0.211. The van der Waals surface area contributed by atoms with Gasteiger partial charge in [0.1, 0.15) is 12.3 Å². The normalized spacial score (nSPS) is 13.9. The van der Waals surface area contributed by atoms with Crippen molar-refractivity contribution in [2.45, 2.75) is 65.5 Å². The molecule has 0 amide bonds. The van der Waals surface area contributed by atoms with E-state index in [2.05, 4.69) is 69.4 Å². The van der Waals surface area contributed by atoms with Crippen molar-refractivity contribution in [2.24, 2.45) is 5.92 Å². The average Bonchev–Trinajstić information content (AvgIpc) is 3.15. The molecule has 2 aromatic rings. The van der Waals surface area contributed by atoms with Crippen molar-refractivity contribution in [3.63, 3.8) is 0 Å². The van der Waals surface area contributed by atoms with Gasteiger partial charge >= 0.3 is 0 Å². The third-order valence-electron chi connectivity index (χ3n) is 5.35. The summed E-state index contributed by atoms with van der Waals surface area (Å²) in [7, 11) is 0. The quantitative estimate of drug-likeness (QED) is 0.549. The number of hydrogen-bond donors (Lipinski definition) is 1. The molecule has 0 saturated carbocycles. The Balaban J connectivity index is 1.53. The van der Waals surface area contributed by atoms with Gasteiger partial charge in [-0.25, -0.2) is 0 Å². The molecule has 4 heteroatoms. The van der Waals surface area contributed by atoms with Crippen LogP contribution in [-0.2, 0) is 6.54 Å². The SMILES string of the molecule is CC(C)CC[C@H](CC[NH2+]Cc1ccc2c(c1)OCO2)c1ccc(OC(C)C)cc1. The number of fused-ring (bicyclic) bond motifs is 1. The zero-order valence-corrected chi connectivity index (χ0v) is 18.3. The van der Waals surface area contributed by atoms with Gasteiger partial charge in [-0.3, -0.25) is 0 Å². The second kappa shape index (κ2) is 10.5. The molecule has 2 aromatic carbocycles. The maximum Gasteiger partial charge on any atom is 0.231 e. The molecule has 0 bridgehead atoms. The number of rotatable bonds is 11. The van der Waals surface area contributed by atoms with E-state index in [0.29, 0.717) is 12.7 Å². The van der Waals surface area contributed by atoms with E-state index in [-0.39, 0.29) is 6.10 Å². The number of ether oxygens (including phenoxy) is 3. The summed E-state index contributed by atoms with van der Waals surface area (Å²) in [5, 5.41) is 2.40. The van der Waals surface area contributed by atoms with Gasteiger partial charge in [-0.2, -0.15) is 0 Å². The van der Waals surface area contributed by atoms with Crippen LogP contribution in [0.4, 0.5) is 0 Å². The van der Waals surface area contributed by atoms with Crippen LogP contribution in [0.2, 0.25) is 0 Å². The molecule has 0 unspecified atom stereocenters. The largest absolute Gasteiger partial charge is 0.491 e. The van der Waals surface area contributed by atoms with Gasteiger partial charge in [0.25, 0.3) is 0 Å². The monoisotopic (exact) mass is 398 g/mol. The molecule has 0 spiro atoms. The third-order valence-corrected chi connectivity index (χ3v) is 5.35. The lowest BCUT2D eigenvalue weighted by Gasteiger charge is -2.19. The fourth-order valence-corrected chi connectivity index (χ4v) is 3.76. The number of quaternary nitrogens is 1. The Bertz CT molecular complexity index is 755. The highest BCUT2D eigenvalue weighted by molar-refractivity contribution is 5.44. The van der Waals surface area contributed by atoms with Crippen molar-refractivity contribution >= 4 is 0 Å². The van der Waals surface area contributed by atoms with E-state index in [9.17, 15) is 0 Å². The molecule has 1 atom stereocenters. The van der Waals surface area contributed by atoms with Gasteiger partial charge in [0, 0.05) is 12.0 Å². The Morgan fingerprint density at radius 2 is 1.66 bits per heavy atom. The van der Waals surface area contributed by atoms with Gasteiger partial charge in [-0.05, 0) is 68.0 Å². The van der Waals surface area contributed by atoms with E-state index in [1.54, 1.807) is 0 Å². The summed E-state index contributed by atoms with van der Waals surface area (Å²) in [6.07, 6.45) is 3.89. The summed E-state index contributed by atoms with van der Waals surface area (Å²) >= 11 is 0. The van der Waals surface area contributed by atoms with Crippen molar-refractivity contribution in [3.8, 4) is 17.2 Å². The molecule has 1 aliphatic heterocycles. The molecule has 0 radical (unpaired) electrons. The summed E-state index contributed by atoms with van der Waals surface area (Å²) in [5.41, 5.74) is 2.71. The molecule has 1 heterocycles. The van der Waals surface area contributed by atoms with E-state index in [1.807, 2.05) is 6.07 Å². The van der Waals surface area contributed by atoms with Crippen molar-refractivity contribution in [1.82, 2.24) is 0 Å². The average molecular weight is 399 g/mol. The van der Waals surface area contributed by atoms with Gasteiger partial charge in [0.05, 0.1) is 12.6 Å². The predicted octanol–water partition coefficient (Wildman–Crippen LogP) is 4.88. The summed E-state index contributed by atoms with van der Waals surface area (Å²) in [4.78, 5) is 0. The Hall–Kier alpha value is -2.20. The van der Waals surface area contributed by atoms with Crippen molar-refractivity contribution in [1.29, 1.82) is 0 Å². The first-order valence-electron chi connectivity index (χ1n) is 11.0. The maximum absolute atomic E-state index is 5.80. The Morgan fingerprint density at radius 3 is 2.38 bits per heavy atom. The highest BCUT2D eigenvalue weighted by atomic mass is 16.7. The standard InChI is InChI=1S/C25H35NO3/c1-18(2)5-7-22(21-8-10-23(11-9-21)29-19(3)4)13-14-26-16-20-6-12-24-25(15-20)28-17-27-24/h6,8-12,15,18-19,22,26H,5,7,13-14,16-17H2,1-4H3/p+1/t22-/m1/s1. The summed E-state index contributed by atoms with van der Waals surface area (Å²) in [6.45, 7) is 11.2. The molecule has 158 valence electrons. The molecule has 3 rings (SSSR count). The first-order valence-corrected chi connectivity index (χ1v) is 11.0. The number of nitrogens with two attached hydrogens (primary N) is 1. The molecule has 1 aliphatic rings. The van der Waals surface area contributed by atoms with E-state index < -0.39 is 0 Å². The molecular weight excluding hydrogens is 362 g/mol. The van der Waals surface area contributed by atoms with Crippen LogP contribution in [0.15, 0.2) is 42.5 Å². The van der Waals surface area contributed by atoms with Gasteiger partial charge in [0.15, 0.2) is 11.5 Å². The van der Waals surface area contributed by atoms with Crippen LogP contribution in [0.3, 0.4) is 0 Å². The third kappa shape index (κ3) is 6.67. The second-order valence-corrected chi connectivity index (χ2v) is 8.66. The predicted molar refractivity (Wildman–Crippen MR) is 117 cm³/mol. The first-order chi connectivity index (χ1) is 14.0. The number of hydrogen-bond acceptors (Lipinski definition) is 3. The summed E-state index contributed by atoms with van der Waals surface area (Å²) < 4.78 is 16.7. The minimum Gasteiger partial charge on any atom is -0.491 e. The van der Waals surface area contributed by atoms with Crippen LogP contribution in [-0.4, -0.2) is 19.4 Å². The van der Waals surface area contributed by atoms with E-state index >= 15 is 0 Å². The molecule has 0 aliphatic carbocycles. The molecule has 4 nitrogen and oxygen atoms in total. The van der Waals surface area contributed by atoms with Gasteiger partial charge < -0.3 is 19.5 Å². The molecule has 2 N–H and O–H groups in total. The van der Waals surface area contributed by atoms with Crippen molar-refractivity contribution in [3.05, 3.63) is 53.6 Å². The number of benzene rings is 2. The molecule has 0 fully saturated rings. The lowest BCUT2D eigenvalue weighted by atomic mass is 9.88. The molecular formula is C25H36NO3+. The van der Waals surface area contributed by atoms with Crippen LogP contribution in [0.25, 0.3) is 0 Å². The van der Waals surface area contributed by atoms with Crippen molar-refractivity contribution < 1.29 is 19.5 Å². The fraction of sp³-hybridized carbons (Fsp3) is 0.520. The first kappa shape index (κ1) is 21.5. The topological polar surface area (TPSA) is 44.3 Å². The van der Waals surface area contributed by atoms with Crippen molar-refractivity contribution in [2.75, 3.05) is 13.3 Å². The van der Waals surface area contributed by atoms with E-state index in [4.69, 9.17) is 14.2 Å². The van der Waals surface area contributed by atoms with Gasteiger partial charge in [0.2, 0.25) is 6.79 Å². The van der Waals surface area contributed by atoms with E-state index in [0.717, 1.165) is 36.3 Å². The molecule has 0 aromatic heterocycles. The van der Waals surface area contributed by atoms with Gasteiger partial charge in [-0.1, -0.05) is 32.4 Å². The van der Waals surface area contributed by atoms with Crippen LogP contribution in [0.5, 0.6) is 17.2 Å². The molecule has 0 saturated heterocycles. The zero-order valence-electron chi connectivity index (χ0n) is 18.3. The lowest BCUT2D eigenvalue weighted by Crippen LogP contribution is -2.82. The fourth-order valence-electron chi connectivity index (χ4n) is 3.76. The molecule has 29 heavy (non-hydrogen) atoms. The Morgan fingerprint density at radius 1 is 0.897 bits per heavy atom. The minimum atomic E-state index is 0.211. The van der Waals surface area contributed by atoms with E-state index in [1.165, 1.54) is 30.4 Å². The highest BCUT2D eigenvalue weighted by Gasteiger charge is 2.15. The van der Waals surface area contributed by atoms with Gasteiger partial charge in [-0.15, -0.1) is 0 Å².